The van der Waals surface area contributed by atoms with E-state index < -0.39 is 42.8 Å². The number of carboxylic acid groups (broad SMARTS) is 1. The maximum atomic E-state index is 11.4. The van der Waals surface area contributed by atoms with Gasteiger partial charge in [0.15, 0.2) is 0 Å². The number of carbonyl (C=O) groups excluding carboxylic acids is 2. The molecular weight excluding hydrogens is 244 g/mol. The molecule has 0 heterocycles. The number of amides is 2. The molecule has 0 saturated heterocycles. The molecule has 0 bridgehead atoms. The van der Waals surface area contributed by atoms with E-state index >= 15 is 0 Å². The largest absolute Gasteiger partial charge is 0.480 e. The summed E-state index contributed by atoms with van der Waals surface area (Å²) in [6, 6.07) is -1.25. The van der Waals surface area contributed by atoms with Gasteiger partial charge in [-0.2, -0.15) is 0 Å². The van der Waals surface area contributed by atoms with E-state index in [4.69, 9.17) is 14.9 Å². The van der Waals surface area contributed by atoms with Gasteiger partial charge in [-0.25, -0.2) is 4.79 Å². The highest BCUT2D eigenvalue weighted by Gasteiger charge is 2.23. The lowest BCUT2D eigenvalue weighted by Crippen LogP contribution is -2.50. The van der Waals surface area contributed by atoms with Gasteiger partial charge in [0.2, 0.25) is 5.91 Å². The molecule has 0 aromatic heterocycles. The van der Waals surface area contributed by atoms with Gasteiger partial charge in [-0.1, -0.05) is 0 Å². The third-order valence-corrected chi connectivity index (χ3v) is 1.60. The van der Waals surface area contributed by atoms with Gasteiger partial charge in [0, 0.05) is 0 Å². The van der Waals surface area contributed by atoms with Crippen molar-refractivity contribution in [1.29, 1.82) is 0 Å². The number of aliphatic carboxylic acids is 1. The van der Waals surface area contributed by atoms with Crippen LogP contribution in [0.25, 0.3) is 0 Å². The van der Waals surface area contributed by atoms with Gasteiger partial charge >= 0.3 is 12.1 Å². The number of hydrogen-bond donors (Lipinski definition) is 4. The summed E-state index contributed by atoms with van der Waals surface area (Å²) in [6.45, 7) is 3.68. The molecule has 4 N–H and O–H groups in total. The van der Waals surface area contributed by atoms with Crippen molar-refractivity contribution in [3.05, 3.63) is 0 Å². The molecule has 0 unspecified atom stereocenters. The van der Waals surface area contributed by atoms with Crippen molar-refractivity contribution in [2.45, 2.75) is 32.4 Å². The van der Waals surface area contributed by atoms with Gasteiger partial charge in [-0.15, -0.1) is 0 Å². The SMILES string of the molecule is CC(C)(C)OC(=O)N[C@@H](CO)C(=O)NCC(=O)O. The van der Waals surface area contributed by atoms with Crippen molar-refractivity contribution in [2.75, 3.05) is 13.2 Å². The van der Waals surface area contributed by atoms with Crippen LogP contribution in [0.1, 0.15) is 20.8 Å². The Kier molecular flexibility index (Phi) is 6.11. The van der Waals surface area contributed by atoms with Crippen molar-refractivity contribution < 1.29 is 29.3 Å². The lowest BCUT2D eigenvalue weighted by molar-refractivity contribution is -0.138. The third-order valence-electron chi connectivity index (χ3n) is 1.60. The average Bonchev–Trinajstić information content (AvgIpc) is 2.19. The van der Waals surface area contributed by atoms with Crippen LogP contribution >= 0.6 is 0 Å². The van der Waals surface area contributed by atoms with Gasteiger partial charge in [-0.3, -0.25) is 9.59 Å². The molecule has 0 aromatic rings. The first-order chi connectivity index (χ1) is 8.15. The summed E-state index contributed by atoms with van der Waals surface area (Å²) >= 11 is 0. The fourth-order valence-corrected chi connectivity index (χ4v) is 0.930. The van der Waals surface area contributed by atoms with Crippen LogP contribution < -0.4 is 10.6 Å². The van der Waals surface area contributed by atoms with E-state index in [-0.39, 0.29) is 0 Å². The number of carbonyl (C=O) groups is 3. The average molecular weight is 262 g/mol. The maximum absolute atomic E-state index is 11.4. The summed E-state index contributed by atoms with van der Waals surface area (Å²) < 4.78 is 4.89. The topological polar surface area (TPSA) is 125 Å². The molecular formula is C10H18N2O6. The Labute approximate surface area is 104 Å². The second-order valence-corrected chi connectivity index (χ2v) is 4.49. The number of hydrogen-bond acceptors (Lipinski definition) is 5. The minimum atomic E-state index is -1.25. The maximum Gasteiger partial charge on any atom is 0.408 e. The molecule has 0 spiro atoms. The molecule has 104 valence electrons. The molecule has 0 rings (SSSR count). The second kappa shape index (κ2) is 6.80. The Morgan fingerprint density at radius 3 is 2.22 bits per heavy atom. The molecule has 0 saturated carbocycles. The van der Waals surface area contributed by atoms with Crippen molar-refractivity contribution in [3.63, 3.8) is 0 Å². The molecule has 1 atom stereocenters. The molecule has 8 heteroatoms. The predicted molar refractivity (Wildman–Crippen MR) is 60.9 cm³/mol. The van der Waals surface area contributed by atoms with E-state index in [0.29, 0.717) is 0 Å². The number of aliphatic hydroxyl groups is 1. The van der Waals surface area contributed by atoms with Gasteiger partial charge in [-0.05, 0) is 20.8 Å². The summed E-state index contributed by atoms with van der Waals surface area (Å²) in [5.41, 5.74) is -0.734. The Hall–Kier alpha value is -1.83. The van der Waals surface area contributed by atoms with Crippen LogP contribution in [-0.4, -0.2) is 53.0 Å². The van der Waals surface area contributed by atoms with E-state index in [0.717, 1.165) is 0 Å². The van der Waals surface area contributed by atoms with Crippen LogP contribution in [0.3, 0.4) is 0 Å². The Bertz CT molecular complexity index is 323. The fraction of sp³-hybridized carbons (Fsp3) is 0.700. The summed E-state index contributed by atoms with van der Waals surface area (Å²) in [5.74, 6) is -2.02. The van der Waals surface area contributed by atoms with Gasteiger partial charge in [0.1, 0.15) is 18.2 Å². The predicted octanol–water partition coefficient (Wildman–Crippen LogP) is -0.927. The van der Waals surface area contributed by atoms with Gasteiger partial charge in [0.05, 0.1) is 6.61 Å². The molecule has 0 fully saturated rings. The van der Waals surface area contributed by atoms with E-state index in [2.05, 4.69) is 5.32 Å². The van der Waals surface area contributed by atoms with Gasteiger partial charge < -0.3 is 25.6 Å². The van der Waals surface area contributed by atoms with Crippen molar-refractivity contribution >= 4 is 18.0 Å². The summed E-state index contributed by atoms with van der Waals surface area (Å²) in [6.07, 6.45) is -0.868. The van der Waals surface area contributed by atoms with Crippen molar-refractivity contribution in [1.82, 2.24) is 10.6 Å². The molecule has 0 aromatic carbocycles. The van der Waals surface area contributed by atoms with Crippen LogP contribution in [0.15, 0.2) is 0 Å². The van der Waals surface area contributed by atoms with E-state index in [1.54, 1.807) is 20.8 Å². The number of rotatable bonds is 5. The van der Waals surface area contributed by atoms with E-state index in [1.165, 1.54) is 0 Å². The van der Waals surface area contributed by atoms with Crippen molar-refractivity contribution in [2.24, 2.45) is 0 Å². The minimum absolute atomic E-state index is 0.592. The van der Waals surface area contributed by atoms with Crippen molar-refractivity contribution in [3.8, 4) is 0 Å². The third kappa shape index (κ3) is 7.44. The molecule has 18 heavy (non-hydrogen) atoms. The quantitative estimate of drug-likeness (QED) is 0.507. The molecule has 8 nitrogen and oxygen atoms in total. The standard InChI is InChI=1S/C10H18N2O6/c1-10(2,3)18-9(17)12-6(5-13)8(16)11-4-7(14)15/h6,13H,4-5H2,1-3H3,(H,11,16)(H,12,17)(H,14,15)/t6-/m0/s1. The summed E-state index contributed by atoms with van der Waals surface area (Å²) in [7, 11) is 0. The lowest BCUT2D eigenvalue weighted by Gasteiger charge is -2.22. The molecule has 0 aliphatic heterocycles. The molecule has 2 amide bonds. The molecule has 0 aliphatic carbocycles. The van der Waals surface area contributed by atoms with E-state index in [9.17, 15) is 14.4 Å². The molecule has 0 aliphatic rings. The first kappa shape index (κ1) is 16.2. The fourth-order valence-electron chi connectivity index (χ4n) is 0.930. The lowest BCUT2D eigenvalue weighted by atomic mass is 10.2. The highest BCUT2D eigenvalue weighted by atomic mass is 16.6. The van der Waals surface area contributed by atoms with Crippen LogP contribution in [0, 0.1) is 0 Å². The monoisotopic (exact) mass is 262 g/mol. The highest BCUT2D eigenvalue weighted by Crippen LogP contribution is 2.06. The Balaban J connectivity index is 4.29. The highest BCUT2D eigenvalue weighted by molar-refractivity contribution is 5.88. The normalized spacial score (nSPS) is 12.4. The smallest absolute Gasteiger partial charge is 0.408 e. The minimum Gasteiger partial charge on any atom is -0.480 e. The van der Waals surface area contributed by atoms with Crippen LogP contribution in [-0.2, 0) is 14.3 Å². The number of carboxylic acids is 1. The summed E-state index contributed by atoms with van der Waals surface area (Å²) in [4.78, 5) is 32.9. The first-order valence-electron chi connectivity index (χ1n) is 5.25. The number of ether oxygens (including phenoxy) is 1. The van der Waals surface area contributed by atoms with Crippen LogP contribution in [0.2, 0.25) is 0 Å². The van der Waals surface area contributed by atoms with Crippen LogP contribution in [0.4, 0.5) is 4.79 Å². The second-order valence-electron chi connectivity index (χ2n) is 4.49. The Morgan fingerprint density at radius 1 is 1.28 bits per heavy atom. The zero-order valence-corrected chi connectivity index (χ0v) is 10.5. The summed E-state index contributed by atoms with van der Waals surface area (Å²) in [5, 5.41) is 21.5. The van der Waals surface area contributed by atoms with Gasteiger partial charge in [0.25, 0.3) is 0 Å². The first-order valence-corrected chi connectivity index (χ1v) is 5.25. The van der Waals surface area contributed by atoms with Crippen LogP contribution in [0.5, 0.6) is 0 Å². The van der Waals surface area contributed by atoms with E-state index in [1.807, 2.05) is 5.32 Å². The number of alkyl carbamates (subject to hydrolysis) is 1. The Morgan fingerprint density at radius 2 is 1.83 bits per heavy atom. The molecule has 0 radical (unpaired) electrons. The zero-order valence-electron chi connectivity index (χ0n) is 10.5. The number of nitrogens with one attached hydrogen (secondary N) is 2. The number of aliphatic hydroxyl groups excluding tert-OH is 1. The zero-order chi connectivity index (χ0) is 14.3.